The number of nitrogens with zero attached hydrogens (tertiary/aromatic N) is 3. The van der Waals surface area contributed by atoms with Gasteiger partial charge < -0.3 is 10.1 Å². The molecule has 1 aliphatic heterocycles. The molecule has 6 nitrogen and oxygen atoms in total. The molecule has 2 aromatic carbocycles. The number of carbonyl (C=O) groups is 1. The van der Waals surface area contributed by atoms with Crippen LogP contribution in [0.2, 0.25) is 5.02 Å². The molecule has 0 atom stereocenters. The van der Waals surface area contributed by atoms with E-state index >= 15 is 0 Å². The summed E-state index contributed by atoms with van der Waals surface area (Å²) in [6.07, 6.45) is 0. The van der Waals surface area contributed by atoms with Crippen LogP contribution in [0.1, 0.15) is 48.0 Å². The minimum Gasteiger partial charge on any atom is -0.379 e. The summed E-state index contributed by atoms with van der Waals surface area (Å²) in [6.45, 7) is 14.0. The van der Waals surface area contributed by atoms with Crippen molar-refractivity contribution in [3.8, 4) is 28.8 Å². The lowest BCUT2D eigenvalue weighted by Crippen LogP contribution is -2.41. The van der Waals surface area contributed by atoms with Gasteiger partial charge in [0.05, 0.1) is 31.1 Å². The molecule has 1 N–H and O–H groups in total. The second-order valence-corrected chi connectivity index (χ2v) is 10.6. The van der Waals surface area contributed by atoms with E-state index in [9.17, 15) is 4.79 Å². The fourth-order valence-electron chi connectivity index (χ4n) is 4.22. The first kappa shape index (κ1) is 28.7. The fourth-order valence-corrected chi connectivity index (χ4v) is 4.34. The predicted molar refractivity (Wildman–Crippen MR) is 152 cm³/mol. The molecule has 0 saturated carbocycles. The molecule has 37 heavy (non-hydrogen) atoms. The first-order chi connectivity index (χ1) is 17.1. The molecular weight excluding hydrogens is 507 g/mol. The molecule has 1 fully saturated rings. The van der Waals surface area contributed by atoms with Crippen molar-refractivity contribution in [1.29, 1.82) is 0 Å². The molecule has 8 heteroatoms. The second-order valence-electron chi connectivity index (χ2n) is 10.1. The van der Waals surface area contributed by atoms with E-state index in [2.05, 4.69) is 28.1 Å². The Hall–Kier alpha value is -2.82. The number of hydrogen-bond acceptors (Lipinski definition) is 4. The smallest absolute Gasteiger partial charge is 0.272 e. The molecule has 0 spiro atoms. The summed E-state index contributed by atoms with van der Waals surface area (Å²) in [5.41, 5.74) is 5.52. The van der Waals surface area contributed by atoms with Gasteiger partial charge in [-0.15, -0.1) is 12.4 Å². The fraction of sp³-hybridized carbons (Fsp3) is 0.379. The molecule has 196 valence electrons. The Morgan fingerprint density at radius 2 is 1.78 bits per heavy atom. The first-order valence-corrected chi connectivity index (χ1v) is 12.6. The van der Waals surface area contributed by atoms with E-state index in [-0.39, 0.29) is 23.9 Å². The van der Waals surface area contributed by atoms with Crippen LogP contribution >= 0.6 is 24.0 Å². The van der Waals surface area contributed by atoms with Gasteiger partial charge in [-0.25, -0.2) is 4.68 Å². The summed E-state index contributed by atoms with van der Waals surface area (Å²) in [7, 11) is 0. The van der Waals surface area contributed by atoms with Crippen LogP contribution in [0.4, 0.5) is 0 Å². The minimum absolute atomic E-state index is 0. The van der Waals surface area contributed by atoms with Crippen LogP contribution in [-0.4, -0.2) is 59.0 Å². The maximum Gasteiger partial charge on any atom is 0.272 e. The van der Waals surface area contributed by atoms with Crippen molar-refractivity contribution in [1.82, 2.24) is 20.0 Å². The van der Waals surface area contributed by atoms with Gasteiger partial charge in [-0.2, -0.15) is 5.10 Å². The Labute approximate surface area is 230 Å². The van der Waals surface area contributed by atoms with Gasteiger partial charge in [0.1, 0.15) is 0 Å². The highest BCUT2D eigenvalue weighted by Crippen LogP contribution is 2.31. The van der Waals surface area contributed by atoms with Crippen molar-refractivity contribution in [2.24, 2.45) is 0 Å². The average Bonchev–Trinajstić information content (AvgIpc) is 3.16. The molecule has 3 aromatic rings. The first-order valence-electron chi connectivity index (χ1n) is 12.2. The van der Waals surface area contributed by atoms with E-state index in [1.54, 1.807) is 0 Å². The van der Waals surface area contributed by atoms with Gasteiger partial charge in [0.25, 0.3) is 5.91 Å². The highest BCUT2D eigenvalue weighted by atomic mass is 35.5. The Balaban J connectivity index is 0.00000380. The van der Waals surface area contributed by atoms with Gasteiger partial charge in [0.15, 0.2) is 5.69 Å². The number of carbonyl (C=O) groups excluding carboxylic acids is 1. The molecule has 1 aromatic heterocycles. The average molecular weight is 542 g/mol. The quantitative estimate of drug-likeness (QED) is 0.447. The van der Waals surface area contributed by atoms with Crippen LogP contribution in [0.15, 0.2) is 42.5 Å². The third-order valence-corrected chi connectivity index (χ3v) is 6.26. The van der Waals surface area contributed by atoms with Crippen LogP contribution in [0.5, 0.6) is 0 Å². The summed E-state index contributed by atoms with van der Waals surface area (Å²) in [4.78, 5) is 15.4. The van der Waals surface area contributed by atoms with Crippen molar-refractivity contribution in [3.63, 3.8) is 0 Å². The van der Waals surface area contributed by atoms with Gasteiger partial charge in [-0.05, 0) is 70.5 Å². The van der Waals surface area contributed by atoms with Gasteiger partial charge >= 0.3 is 0 Å². The van der Waals surface area contributed by atoms with E-state index in [0.29, 0.717) is 10.7 Å². The molecule has 4 rings (SSSR count). The van der Waals surface area contributed by atoms with Crippen LogP contribution in [0.3, 0.4) is 0 Å². The highest BCUT2D eigenvalue weighted by molar-refractivity contribution is 6.30. The Kier molecular flexibility index (Phi) is 9.44. The number of benzene rings is 2. The van der Waals surface area contributed by atoms with Crippen LogP contribution < -0.4 is 5.32 Å². The Morgan fingerprint density at radius 3 is 2.41 bits per heavy atom. The van der Waals surface area contributed by atoms with E-state index in [0.717, 1.165) is 66.5 Å². The van der Waals surface area contributed by atoms with Gasteiger partial charge in [-0.1, -0.05) is 35.6 Å². The molecular formula is C29H34Cl2N4O2. The standard InChI is InChI=1S/C29H33ClN4O2.ClH/c1-20-19-22(7-6-14-33-15-17-36-18-16-33)8-13-25(20)34-27(23-9-11-24(30)12-10-23)21(2)26(32-34)28(35)31-29(3,4)5;/h8-13,19H,14-18H2,1-5H3,(H,31,35);1H. The zero-order chi connectivity index (χ0) is 25.9. The lowest BCUT2D eigenvalue weighted by Gasteiger charge is -2.24. The largest absolute Gasteiger partial charge is 0.379 e. The van der Waals surface area contributed by atoms with E-state index in [1.165, 1.54) is 0 Å². The van der Waals surface area contributed by atoms with Crippen LogP contribution in [0, 0.1) is 25.7 Å². The van der Waals surface area contributed by atoms with Crippen molar-refractivity contribution in [3.05, 3.63) is 69.9 Å². The zero-order valence-corrected chi connectivity index (χ0v) is 23.6. The second kappa shape index (κ2) is 12.1. The molecule has 1 saturated heterocycles. The number of ether oxygens (including phenoxy) is 1. The van der Waals surface area contributed by atoms with Crippen LogP contribution in [-0.2, 0) is 4.74 Å². The molecule has 1 aliphatic rings. The zero-order valence-electron chi connectivity index (χ0n) is 22.0. The number of aryl methyl sites for hydroxylation is 1. The molecule has 1 amide bonds. The Bertz CT molecular complexity index is 1310. The van der Waals surface area contributed by atoms with Gasteiger partial charge in [0.2, 0.25) is 0 Å². The summed E-state index contributed by atoms with van der Waals surface area (Å²) < 4.78 is 7.26. The lowest BCUT2D eigenvalue weighted by molar-refractivity contribution is 0.0443. The third kappa shape index (κ3) is 7.15. The molecule has 2 heterocycles. The van der Waals surface area contributed by atoms with Crippen LogP contribution in [0.25, 0.3) is 16.9 Å². The summed E-state index contributed by atoms with van der Waals surface area (Å²) in [5, 5.41) is 8.49. The van der Waals surface area contributed by atoms with Crippen molar-refractivity contribution >= 4 is 29.9 Å². The minimum atomic E-state index is -0.370. The molecule has 0 radical (unpaired) electrons. The Morgan fingerprint density at radius 1 is 1.11 bits per heavy atom. The van der Waals surface area contributed by atoms with Crippen molar-refractivity contribution in [2.75, 3.05) is 32.8 Å². The molecule has 0 aliphatic carbocycles. The predicted octanol–water partition coefficient (Wildman–Crippen LogP) is 5.44. The summed E-state index contributed by atoms with van der Waals surface area (Å²) >= 11 is 6.15. The monoisotopic (exact) mass is 540 g/mol. The van der Waals surface area contributed by atoms with Gasteiger partial charge in [0, 0.05) is 40.3 Å². The number of halogens is 2. The maximum absolute atomic E-state index is 13.1. The number of hydrogen-bond donors (Lipinski definition) is 1. The number of amides is 1. The van der Waals surface area contributed by atoms with E-state index < -0.39 is 0 Å². The third-order valence-electron chi connectivity index (χ3n) is 6.01. The number of rotatable bonds is 4. The summed E-state index contributed by atoms with van der Waals surface area (Å²) in [5.74, 6) is 6.37. The van der Waals surface area contributed by atoms with E-state index in [4.69, 9.17) is 21.4 Å². The number of aromatic nitrogens is 2. The highest BCUT2D eigenvalue weighted by Gasteiger charge is 2.25. The SMILES string of the molecule is Cc1cc(C#CCN2CCOCC2)ccc1-n1nc(C(=O)NC(C)(C)C)c(C)c1-c1ccc(Cl)cc1.Cl. The van der Waals surface area contributed by atoms with E-state index in [1.807, 2.05) is 75.7 Å². The summed E-state index contributed by atoms with van der Waals surface area (Å²) in [6, 6.07) is 13.7. The van der Waals surface area contributed by atoms with Crippen molar-refractivity contribution < 1.29 is 9.53 Å². The number of morpholine rings is 1. The van der Waals surface area contributed by atoms with Crippen molar-refractivity contribution in [2.45, 2.75) is 40.2 Å². The van der Waals surface area contributed by atoms with Gasteiger partial charge in [-0.3, -0.25) is 9.69 Å². The molecule has 0 unspecified atom stereocenters. The maximum atomic E-state index is 13.1. The number of nitrogens with one attached hydrogen (secondary N) is 1. The molecule has 0 bridgehead atoms. The lowest BCUT2D eigenvalue weighted by atomic mass is 10.0. The normalized spacial score (nSPS) is 13.9. The topological polar surface area (TPSA) is 59.4 Å².